The SMILES string of the molecule is CCc1cc(-c2nnc(SCC(=O)Nc3cc(C)ccc3C)n2C)cs1. The first-order chi connectivity index (χ1) is 12.5. The van der Waals surface area contributed by atoms with Crippen LogP contribution < -0.4 is 5.32 Å². The molecule has 136 valence electrons. The molecule has 0 aliphatic heterocycles. The van der Waals surface area contributed by atoms with Gasteiger partial charge in [-0.3, -0.25) is 4.79 Å². The van der Waals surface area contributed by atoms with E-state index >= 15 is 0 Å². The zero-order valence-electron chi connectivity index (χ0n) is 15.4. The van der Waals surface area contributed by atoms with Gasteiger partial charge in [-0.25, -0.2) is 0 Å². The van der Waals surface area contributed by atoms with Crippen molar-refractivity contribution in [1.29, 1.82) is 0 Å². The van der Waals surface area contributed by atoms with Crippen molar-refractivity contribution in [2.75, 3.05) is 11.1 Å². The van der Waals surface area contributed by atoms with Gasteiger partial charge < -0.3 is 9.88 Å². The number of thioether (sulfide) groups is 1. The highest BCUT2D eigenvalue weighted by Gasteiger charge is 2.14. The minimum atomic E-state index is -0.0444. The van der Waals surface area contributed by atoms with E-state index in [4.69, 9.17) is 0 Å². The number of nitrogens with one attached hydrogen (secondary N) is 1. The Balaban J connectivity index is 1.64. The summed E-state index contributed by atoms with van der Waals surface area (Å²) >= 11 is 3.13. The first kappa shape index (κ1) is 18.7. The van der Waals surface area contributed by atoms with Gasteiger partial charge in [-0.15, -0.1) is 21.5 Å². The van der Waals surface area contributed by atoms with Crippen LogP contribution in [0.3, 0.4) is 0 Å². The molecule has 0 unspecified atom stereocenters. The van der Waals surface area contributed by atoms with Gasteiger partial charge in [-0.2, -0.15) is 0 Å². The Bertz CT molecular complexity index is 930. The highest BCUT2D eigenvalue weighted by atomic mass is 32.2. The Morgan fingerprint density at radius 3 is 2.81 bits per heavy atom. The van der Waals surface area contributed by atoms with E-state index < -0.39 is 0 Å². The lowest BCUT2D eigenvalue weighted by molar-refractivity contribution is -0.113. The van der Waals surface area contributed by atoms with Gasteiger partial charge in [0.15, 0.2) is 11.0 Å². The Hall–Kier alpha value is -2.12. The molecule has 3 aromatic rings. The van der Waals surface area contributed by atoms with E-state index in [0.29, 0.717) is 5.75 Å². The number of benzene rings is 1. The fourth-order valence-electron chi connectivity index (χ4n) is 2.56. The summed E-state index contributed by atoms with van der Waals surface area (Å²) < 4.78 is 1.94. The van der Waals surface area contributed by atoms with Crippen molar-refractivity contribution in [2.45, 2.75) is 32.3 Å². The number of carbonyl (C=O) groups excluding carboxylic acids is 1. The molecule has 0 fully saturated rings. The minimum Gasteiger partial charge on any atom is -0.325 e. The number of carbonyl (C=O) groups is 1. The molecule has 7 heteroatoms. The molecule has 0 spiro atoms. The number of nitrogens with zero attached hydrogens (tertiary/aromatic N) is 3. The van der Waals surface area contributed by atoms with Gasteiger partial charge in [0, 0.05) is 28.6 Å². The van der Waals surface area contributed by atoms with E-state index in [1.165, 1.54) is 16.6 Å². The lowest BCUT2D eigenvalue weighted by Crippen LogP contribution is -2.15. The van der Waals surface area contributed by atoms with Crippen LogP contribution in [0.15, 0.2) is 34.8 Å². The molecule has 2 aromatic heterocycles. The molecule has 0 bridgehead atoms. The molecule has 0 saturated carbocycles. The van der Waals surface area contributed by atoms with E-state index in [2.05, 4.69) is 33.9 Å². The van der Waals surface area contributed by atoms with Crippen LogP contribution in [-0.4, -0.2) is 26.4 Å². The number of anilines is 1. The topological polar surface area (TPSA) is 59.8 Å². The van der Waals surface area contributed by atoms with Gasteiger partial charge in [0.2, 0.25) is 5.91 Å². The van der Waals surface area contributed by atoms with Gasteiger partial charge in [-0.05, 0) is 43.5 Å². The summed E-state index contributed by atoms with van der Waals surface area (Å²) in [5, 5.41) is 14.3. The van der Waals surface area contributed by atoms with Gasteiger partial charge in [0.25, 0.3) is 0 Å². The van der Waals surface area contributed by atoms with Crippen molar-refractivity contribution < 1.29 is 4.79 Å². The molecular weight excluding hydrogens is 364 g/mol. The third kappa shape index (κ3) is 4.16. The van der Waals surface area contributed by atoms with E-state index in [0.717, 1.165) is 39.8 Å². The monoisotopic (exact) mass is 386 g/mol. The molecule has 0 aliphatic rings. The summed E-state index contributed by atoms with van der Waals surface area (Å²) in [4.78, 5) is 13.6. The first-order valence-electron chi connectivity index (χ1n) is 8.45. The molecule has 1 amide bonds. The zero-order chi connectivity index (χ0) is 18.7. The Morgan fingerprint density at radius 1 is 1.27 bits per heavy atom. The average molecular weight is 387 g/mol. The van der Waals surface area contributed by atoms with E-state index in [-0.39, 0.29) is 5.91 Å². The quantitative estimate of drug-likeness (QED) is 0.636. The van der Waals surface area contributed by atoms with Crippen LogP contribution in [0.4, 0.5) is 5.69 Å². The zero-order valence-corrected chi connectivity index (χ0v) is 17.0. The van der Waals surface area contributed by atoms with E-state index in [1.807, 2.05) is 43.7 Å². The first-order valence-corrected chi connectivity index (χ1v) is 10.3. The number of hydrogen-bond acceptors (Lipinski definition) is 5. The fraction of sp³-hybridized carbons (Fsp3) is 0.316. The van der Waals surface area contributed by atoms with Crippen molar-refractivity contribution in [1.82, 2.24) is 14.8 Å². The number of amides is 1. The van der Waals surface area contributed by atoms with Gasteiger partial charge in [0.1, 0.15) is 0 Å². The molecule has 1 aromatic carbocycles. The Morgan fingerprint density at radius 2 is 2.08 bits per heavy atom. The number of rotatable bonds is 6. The molecular formula is C19H22N4OS2. The minimum absolute atomic E-state index is 0.0444. The number of thiophene rings is 1. The fourth-order valence-corrected chi connectivity index (χ4v) is 4.09. The highest BCUT2D eigenvalue weighted by molar-refractivity contribution is 7.99. The largest absolute Gasteiger partial charge is 0.325 e. The van der Waals surface area contributed by atoms with Crippen molar-refractivity contribution in [3.8, 4) is 11.4 Å². The molecule has 1 N–H and O–H groups in total. The van der Waals surface area contributed by atoms with Crippen LogP contribution in [0.25, 0.3) is 11.4 Å². The maximum atomic E-state index is 12.3. The number of aromatic nitrogens is 3. The predicted octanol–water partition coefficient (Wildman–Crippen LogP) is 4.45. The van der Waals surface area contributed by atoms with Crippen molar-refractivity contribution in [2.24, 2.45) is 7.05 Å². The lowest BCUT2D eigenvalue weighted by atomic mass is 10.1. The normalized spacial score (nSPS) is 10.9. The second kappa shape index (κ2) is 8.05. The molecule has 0 atom stereocenters. The van der Waals surface area contributed by atoms with E-state index in [9.17, 15) is 4.79 Å². The van der Waals surface area contributed by atoms with E-state index in [1.54, 1.807) is 11.3 Å². The second-order valence-corrected chi connectivity index (χ2v) is 8.11. The van der Waals surface area contributed by atoms with Gasteiger partial charge in [0.05, 0.1) is 5.75 Å². The molecule has 0 radical (unpaired) electrons. The maximum Gasteiger partial charge on any atom is 0.234 e. The standard InChI is InChI=1S/C19H22N4OS2/c1-5-15-9-14(10-25-15)18-21-22-19(23(18)4)26-11-17(24)20-16-8-12(2)6-7-13(16)3/h6-10H,5,11H2,1-4H3,(H,20,24). The summed E-state index contributed by atoms with van der Waals surface area (Å²) in [6, 6.07) is 8.18. The van der Waals surface area contributed by atoms with Gasteiger partial charge in [-0.1, -0.05) is 30.8 Å². The van der Waals surface area contributed by atoms with Crippen LogP contribution in [0.2, 0.25) is 0 Å². The Labute approximate surface area is 161 Å². The second-order valence-electron chi connectivity index (χ2n) is 6.18. The van der Waals surface area contributed by atoms with Gasteiger partial charge >= 0.3 is 0 Å². The molecule has 26 heavy (non-hydrogen) atoms. The summed E-state index contributed by atoms with van der Waals surface area (Å²) in [6.45, 7) is 6.14. The maximum absolute atomic E-state index is 12.3. The van der Waals surface area contributed by atoms with Crippen LogP contribution in [0.1, 0.15) is 22.9 Å². The van der Waals surface area contributed by atoms with Crippen molar-refractivity contribution in [3.63, 3.8) is 0 Å². The lowest BCUT2D eigenvalue weighted by Gasteiger charge is -2.09. The summed E-state index contributed by atoms with van der Waals surface area (Å²) in [5.74, 6) is 1.08. The summed E-state index contributed by atoms with van der Waals surface area (Å²) in [7, 11) is 1.93. The van der Waals surface area contributed by atoms with Crippen LogP contribution in [0, 0.1) is 13.8 Å². The molecule has 3 rings (SSSR count). The smallest absolute Gasteiger partial charge is 0.234 e. The predicted molar refractivity (Wildman–Crippen MR) is 109 cm³/mol. The molecule has 0 aliphatic carbocycles. The van der Waals surface area contributed by atoms with Crippen LogP contribution >= 0.6 is 23.1 Å². The average Bonchev–Trinajstić information content (AvgIpc) is 3.23. The third-order valence-electron chi connectivity index (χ3n) is 4.09. The van der Waals surface area contributed by atoms with Crippen LogP contribution in [0.5, 0.6) is 0 Å². The number of hydrogen-bond donors (Lipinski definition) is 1. The summed E-state index contributed by atoms with van der Waals surface area (Å²) in [5.41, 5.74) is 4.12. The third-order valence-corrected chi connectivity index (χ3v) is 6.20. The molecule has 5 nitrogen and oxygen atoms in total. The van der Waals surface area contributed by atoms with Crippen molar-refractivity contribution >= 4 is 34.7 Å². The highest BCUT2D eigenvalue weighted by Crippen LogP contribution is 2.27. The molecule has 2 heterocycles. The molecule has 0 saturated heterocycles. The summed E-state index contributed by atoms with van der Waals surface area (Å²) in [6.07, 6.45) is 1.02. The number of aryl methyl sites for hydroxylation is 3. The Kier molecular flexibility index (Phi) is 5.78. The van der Waals surface area contributed by atoms with Crippen molar-refractivity contribution in [3.05, 3.63) is 45.6 Å². The van der Waals surface area contributed by atoms with Crippen LogP contribution in [-0.2, 0) is 18.3 Å².